The molecular weight excluding hydrogens is 320 g/mol. The molecule has 8 nitrogen and oxygen atoms in total. The lowest BCUT2D eigenvalue weighted by Crippen LogP contribution is -2.56. The van der Waals surface area contributed by atoms with Crippen LogP contribution in [0.1, 0.15) is 0 Å². The molecule has 0 unspecified atom stereocenters. The number of rotatable bonds is 2. The first kappa shape index (κ1) is 13.0. The number of anilines is 1. The van der Waals surface area contributed by atoms with E-state index in [0.717, 1.165) is 0 Å². The molecule has 0 bridgehead atoms. The number of hydrogen-bond acceptors (Lipinski definition) is 6. The number of halogens is 1. The van der Waals surface area contributed by atoms with Crippen molar-refractivity contribution in [2.75, 3.05) is 25.0 Å². The quantitative estimate of drug-likeness (QED) is 0.869. The summed E-state index contributed by atoms with van der Waals surface area (Å²) in [6, 6.07) is 2.71. The molecule has 1 amide bonds. The highest BCUT2D eigenvalue weighted by molar-refractivity contribution is 7.89. The van der Waals surface area contributed by atoms with Crippen LogP contribution in [0.5, 0.6) is 5.75 Å². The maximum absolute atomic E-state index is 12.5. The number of sulfonamides is 1. The number of hydrogen-bond donors (Lipinski definition) is 1. The van der Waals surface area contributed by atoms with Crippen LogP contribution in [-0.4, -0.2) is 44.0 Å². The Morgan fingerprint density at radius 3 is 2.71 bits per heavy atom. The Morgan fingerprint density at radius 2 is 2.05 bits per heavy atom. The van der Waals surface area contributed by atoms with Crippen molar-refractivity contribution in [3.8, 4) is 5.75 Å². The lowest BCUT2D eigenvalue weighted by atomic mass is 10.1. The van der Waals surface area contributed by atoms with Crippen molar-refractivity contribution < 1.29 is 17.9 Å². The van der Waals surface area contributed by atoms with E-state index in [1.165, 1.54) is 16.4 Å². The SMILES string of the molecule is O=C1COc2cc(S(=O)(=O)N3CC4(C3)N=N4)c(Cl)cc2N1. The third-order valence-electron chi connectivity index (χ3n) is 3.53. The summed E-state index contributed by atoms with van der Waals surface area (Å²) in [7, 11) is -3.72. The van der Waals surface area contributed by atoms with Gasteiger partial charge in [0.15, 0.2) is 6.61 Å². The van der Waals surface area contributed by atoms with Crippen LogP contribution in [0.3, 0.4) is 0 Å². The zero-order chi connectivity index (χ0) is 14.8. The molecule has 1 aromatic rings. The van der Waals surface area contributed by atoms with Crippen LogP contribution >= 0.6 is 11.6 Å². The highest BCUT2D eigenvalue weighted by Crippen LogP contribution is 2.43. The molecule has 0 aromatic heterocycles. The van der Waals surface area contributed by atoms with Crippen LogP contribution in [0, 0.1) is 0 Å². The molecule has 1 saturated heterocycles. The number of benzene rings is 1. The lowest BCUT2D eigenvalue weighted by molar-refractivity contribution is -0.118. The van der Waals surface area contributed by atoms with Crippen LogP contribution in [0.4, 0.5) is 5.69 Å². The number of amides is 1. The Labute approximate surface area is 124 Å². The third kappa shape index (κ3) is 1.92. The number of carbonyl (C=O) groups excluding carboxylic acids is 1. The van der Waals surface area contributed by atoms with Crippen molar-refractivity contribution in [2.45, 2.75) is 10.6 Å². The Bertz CT molecular complexity index is 793. The van der Waals surface area contributed by atoms with Crippen LogP contribution < -0.4 is 10.1 Å². The fourth-order valence-electron chi connectivity index (χ4n) is 2.30. The predicted octanol–water partition coefficient (Wildman–Crippen LogP) is 0.837. The minimum absolute atomic E-state index is 0.0326. The van der Waals surface area contributed by atoms with Crippen molar-refractivity contribution in [1.82, 2.24) is 4.31 Å². The number of ether oxygens (including phenoxy) is 1. The summed E-state index contributed by atoms with van der Waals surface area (Å²) in [5, 5.41) is 10.2. The summed E-state index contributed by atoms with van der Waals surface area (Å²) >= 11 is 6.05. The fourth-order valence-corrected chi connectivity index (χ4v) is 4.35. The van der Waals surface area contributed by atoms with E-state index < -0.39 is 15.7 Å². The third-order valence-corrected chi connectivity index (χ3v) is 5.78. The molecule has 21 heavy (non-hydrogen) atoms. The summed E-state index contributed by atoms with van der Waals surface area (Å²) in [6.07, 6.45) is 0. The van der Waals surface area contributed by atoms with Gasteiger partial charge in [-0.15, -0.1) is 0 Å². The van der Waals surface area contributed by atoms with Gasteiger partial charge in [0, 0.05) is 6.07 Å². The number of carbonyl (C=O) groups is 1. The molecule has 4 rings (SSSR count). The molecule has 3 aliphatic heterocycles. The van der Waals surface area contributed by atoms with Crippen molar-refractivity contribution in [3.63, 3.8) is 0 Å². The highest BCUT2D eigenvalue weighted by Gasteiger charge is 2.56. The van der Waals surface area contributed by atoms with E-state index in [2.05, 4.69) is 15.5 Å². The molecule has 1 fully saturated rings. The van der Waals surface area contributed by atoms with Gasteiger partial charge in [-0.2, -0.15) is 14.5 Å². The average Bonchev–Trinajstić information content (AvgIpc) is 3.16. The Kier molecular flexibility index (Phi) is 2.43. The van der Waals surface area contributed by atoms with Gasteiger partial charge in [0.1, 0.15) is 10.6 Å². The van der Waals surface area contributed by atoms with Gasteiger partial charge in [-0.1, -0.05) is 11.6 Å². The Hall–Kier alpha value is -1.71. The Morgan fingerprint density at radius 1 is 1.33 bits per heavy atom. The Balaban J connectivity index is 1.70. The normalized spacial score (nSPS) is 22.2. The molecule has 3 heterocycles. The van der Waals surface area contributed by atoms with Gasteiger partial charge in [-0.25, -0.2) is 8.42 Å². The van der Waals surface area contributed by atoms with E-state index in [0.29, 0.717) is 5.69 Å². The second kappa shape index (κ2) is 3.93. The molecule has 0 atom stereocenters. The highest BCUT2D eigenvalue weighted by atomic mass is 35.5. The van der Waals surface area contributed by atoms with Crippen LogP contribution in [0.2, 0.25) is 5.02 Å². The van der Waals surface area contributed by atoms with E-state index in [1.807, 2.05) is 0 Å². The first-order chi connectivity index (χ1) is 9.90. The smallest absolute Gasteiger partial charge is 0.262 e. The van der Waals surface area contributed by atoms with Gasteiger partial charge in [0.05, 0.1) is 23.8 Å². The van der Waals surface area contributed by atoms with Gasteiger partial charge in [0.25, 0.3) is 5.91 Å². The van der Waals surface area contributed by atoms with E-state index in [4.69, 9.17) is 16.3 Å². The van der Waals surface area contributed by atoms with Crippen LogP contribution in [-0.2, 0) is 14.8 Å². The van der Waals surface area contributed by atoms with Crippen molar-refractivity contribution in [3.05, 3.63) is 17.2 Å². The zero-order valence-corrected chi connectivity index (χ0v) is 12.1. The zero-order valence-electron chi connectivity index (χ0n) is 10.5. The lowest BCUT2D eigenvalue weighted by Gasteiger charge is -2.34. The van der Waals surface area contributed by atoms with Gasteiger partial charge >= 0.3 is 0 Å². The molecule has 0 aliphatic carbocycles. The number of nitrogens with one attached hydrogen (secondary N) is 1. The second-order valence-electron chi connectivity index (χ2n) is 5.07. The van der Waals surface area contributed by atoms with Crippen molar-refractivity contribution in [1.29, 1.82) is 0 Å². The minimum Gasteiger partial charge on any atom is -0.482 e. The fraction of sp³-hybridized carbons (Fsp3) is 0.364. The van der Waals surface area contributed by atoms with Crippen LogP contribution in [0.25, 0.3) is 0 Å². The summed E-state index contributed by atoms with van der Waals surface area (Å²) in [6.45, 7) is 0.319. The maximum Gasteiger partial charge on any atom is 0.262 e. The predicted molar refractivity (Wildman–Crippen MR) is 71.9 cm³/mol. The number of fused-ring (bicyclic) bond motifs is 1. The molecule has 1 aromatic carbocycles. The first-order valence-corrected chi connectivity index (χ1v) is 7.92. The van der Waals surface area contributed by atoms with E-state index in [-0.39, 0.29) is 41.3 Å². The van der Waals surface area contributed by atoms with E-state index >= 15 is 0 Å². The summed E-state index contributed by atoms with van der Waals surface area (Å²) in [5.41, 5.74) is -0.152. The monoisotopic (exact) mass is 328 g/mol. The van der Waals surface area contributed by atoms with Gasteiger partial charge in [0.2, 0.25) is 15.7 Å². The largest absolute Gasteiger partial charge is 0.482 e. The molecule has 10 heteroatoms. The van der Waals surface area contributed by atoms with Gasteiger partial charge in [-0.3, -0.25) is 4.79 Å². The van der Waals surface area contributed by atoms with Gasteiger partial charge in [-0.05, 0) is 6.07 Å². The molecule has 110 valence electrons. The number of nitrogens with zero attached hydrogens (tertiary/aromatic N) is 3. The standard InChI is InChI=1S/C11H9ClN4O4S/c12-6-1-7-8(20-3-10(17)13-7)2-9(6)21(18,19)16-4-11(5-16)14-15-11/h1-2H,3-5H2,(H,13,17). The van der Waals surface area contributed by atoms with E-state index in [9.17, 15) is 13.2 Å². The summed E-state index contributed by atoms with van der Waals surface area (Å²) in [5.74, 6) is -0.0237. The van der Waals surface area contributed by atoms with Crippen LogP contribution in [0.15, 0.2) is 27.3 Å². The molecule has 1 spiro atoms. The average molecular weight is 329 g/mol. The first-order valence-electron chi connectivity index (χ1n) is 6.10. The van der Waals surface area contributed by atoms with Crippen molar-refractivity contribution in [2.24, 2.45) is 10.2 Å². The molecule has 1 N–H and O–H groups in total. The molecular formula is C11H9ClN4O4S. The van der Waals surface area contributed by atoms with Crippen molar-refractivity contribution >= 4 is 33.2 Å². The molecule has 3 aliphatic rings. The maximum atomic E-state index is 12.5. The molecule has 0 saturated carbocycles. The minimum atomic E-state index is -3.72. The van der Waals surface area contributed by atoms with E-state index in [1.54, 1.807) is 0 Å². The van der Waals surface area contributed by atoms with Gasteiger partial charge < -0.3 is 10.1 Å². The summed E-state index contributed by atoms with van der Waals surface area (Å²) < 4.78 is 31.5. The topological polar surface area (TPSA) is 100 Å². The molecule has 0 radical (unpaired) electrons. The summed E-state index contributed by atoms with van der Waals surface area (Å²) in [4.78, 5) is 11.2. The second-order valence-corrected chi connectivity index (χ2v) is 7.38.